The standard InChI is InChI=1S/C13H22BrNSi/c1-16(2,3)10-11(9-15)8-12-6-4-5-7-13(12)14/h4-7,11H,8-10,15H2,1-3H3. The number of rotatable bonds is 5. The van der Waals surface area contributed by atoms with Crippen LogP contribution in [0.1, 0.15) is 5.56 Å². The van der Waals surface area contributed by atoms with Crippen molar-refractivity contribution in [3.8, 4) is 0 Å². The molecular weight excluding hydrogens is 278 g/mol. The molecule has 0 fully saturated rings. The van der Waals surface area contributed by atoms with E-state index in [1.165, 1.54) is 16.1 Å². The van der Waals surface area contributed by atoms with E-state index in [1.54, 1.807) is 0 Å². The minimum atomic E-state index is -1.01. The molecule has 2 N–H and O–H groups in total. The Balaban J connectivity index is 2.67. The number of halogens is 1. The molecule has 1 nitrogen and oxygen atoms in total. The first kappa shape index (κ1) is 13.9. The monoisotopic (exact) mass is 299 g/mol. The molecule has 0 aliphatic heterocycles. The van der Waals surface area contributed by atoms with Gasteiger partial charge < -0.3 is 5.73 Å². The molecule has 1 rings (SSSR count). The van der Waals surface area contributed by atoms with Gasteiger partial charge in [-0.2, -0.15) is 0 Å². The lowest BCUT2D eigenvalue weighted by Gasteiger charge is -2.23. The Bertz CT molecular complexity index is 333. The zero-order valence-corrected chi connectivity index (χ0v) is 13.0. The van der Waals surface area contributed by atoms with Gasteiger partial charge in [0.25, 0.3) is 0 Å². The van der Waals surface area contributed by atoms with Gasteiger partial charge >= 0.3 is 0 Å². The summed E-state index contributed by atoms with van der Waals surface area (Å²) in [4.78, 5) is 0. The third-order valence-electron chi connectivity index (χ3n) is 2.70. The maximum atomic E-state index is 5.88. The van der Waals surface area contributed by atoms with E-state index in [9.17, 15) is 0 Å². The summed E-state index contributed by atoms with van der Waals surface area (Å²) in [7, 11) is -1.01. The molecule has 0 aromatic heterocycles. The highest BCUT2D eigenvalue weighted by atomic mass is 79.9. The van der Waals surface area contributed by atoms with E-state index in [4.69, 9.17) is 5.73 Å². The van der Waals surface area contributed by atoms with E-state index in [2.05, 4.69) is 59.8 Å². The van der Waals surface area contributed by atoms with Gasteiger partial charge in [0.05, 0.1) is 0 Å². The van der Waals surface area contributed by atoms with Crippen molar-refractivity contribution in [3.63, 3.8) is 0 Å². The fraction of sp³-hybridized carbons (Fsp3) is 0.538. The third-order valence-corrected chi connectivity index (χ3v) is 5.28. The predicted molar refractivity (Wildman–Crippen MR) is 78.5 cm³/mol. The summed E-state index contributed by atoms with van der Waals surface area (Å²) >= 11 is 3.60. The average Bonchev–Trinajstić information content (AvgIpc) is 2.18. The zero-order chi connectivity index (χ0) is 12.2. The molecule has 0 heterocycles. The second-order valence-electron chi connectivity index (χ2n) is 5.66. The normalized spacial score (nSPS) is 13.8. The number of nitrogens with two attached hydrogens (primary N) is 1. The lowest BCUT2D eigenvalue weighted by Crippen LogP contribution is -2.29. The van der Waals surface area contributed by atoms with E-state index >= 15 is 0 Å². The van der Waals surface area contributed by atoms with Gasteiger partial charge in [-0.1, -0.05) is 59.8 Å². The maximum absolute atomic E-state index is 5.88. The van der Waals surface area contributed by atoms with E-state index < -0.39 is 8.07 Å². The van der Waals surface area contributed by atoms with Crippen LogP contribution in [0.2, 0.25) is 25.7 Å². The summed E-state index contributed by atoms with van der Waals surface area (Å²) in [5.74, 6) is 0.630. The van der Waals surface area contributed by atoms with Gasteiger partial charge in [-0.25, -0.2) is 0 Å². The van der Waals surface area contributed by atoms with Crippen LogP contribution >= 0.6 is 15.9 Å². The quantitative estimate of drug-likeness (QED) is 0.820. The molecule has 0 bridgehead atoms. The molecule has 0 spiro atoms. The molecule has 3 heteroatoms. The van der Waals surface area contributed by atoms with Crippen molar-refractivity contribution in [1.82, 2.24) is 0 Å². The Kier molecular flexibility index (Phi) is 5.22. The molecular formula is C13H22BrNSi. The second-order valence-corrected chi connectivity index (χ2v) is 12.0. The van der Waals surface area contributed by atoms with Crippen molar-refractivity contribution in [2.45, 2.75) is 32.1 Å². The van der Waals surface area contributed by atoms with Crippen molar-refractivity contribution in [2.75, 3.05) is 6.54 Å². The van der Waals surface area contributed by atoms with Crippen LogP contribution in [0.25, 0.3) is 0 Å². The van der Waals surface area contributed by atoms with Crippen LogP contribution in [0, 0.1) is 5.92 Å². The molecule has 0 saturated heterocycles. The zero-order valence-electron chi connectivity index (χ0n) is 10.5. The molecule has 0 radical (unpaired) electrons. The highest BCUT2D eigenvalue weighted by Gasteiger charge is 2.20. The lowest BCUT2D eigenvalue weighted by molar-refractivity contribution is 0.583. The first-order valence-corrected chi connectivity index (χ1v) is 10.4. The third kappa shape index (κ3) is 4.81. The first-order chi connectivity index (χ1) is 7.42. The summed E-state index contributed by atoms with van der Waals surface area (Å²) in [6.07, 6.45) is 1.10. The maximum Gasteiger partial charge on any atom is 0.0446 e. The summed E-state index contributed by atoms with van der Waals surface area (Å²) in [5.41, 5.74) is 7.27. The van der Waals surface area contributed by atoms with Crippen LogP contribution < -0.4 is 5.73 Å². The van der Waals surface area contributed by atoms with Crippen LogP contribution in [0.4, 0.5) is 0 Å². The minimum absolute atomic E-state index is 0.630. The largest absolute Gasteiger partial charge is 0.330 e. The Hall–Kier alpha value is -0.123. The fourth-order valence-electron chi connectivity index (χ4n) is 2.08. The van der Waals surface area contributed by atoms with Crippen molar-refractivity contribution < 1.29 is 0 Å². The molecule has 1 aromatic carbocycles. The van der Waals surface area contributed by atoms with Gasteiger partial charge in [0.2, 0.25) is 0 Å². The minimum Gasteiger partial charge on any atom is -0.330 e. The summed E-state index contributed by atoms with van der Waals surface area (Å²) in [6.45, 7) is 8.03. The summed E-state index contributed by atoms with van der Waals surface area (Å²) < 4.78 is 1.21. The highest BCUT2D eigenvalue weighted by molar-refractivity contribution is 9.10. The number of hydrogen-bond donors (Lipinski definition) is 1. The molecule has 0 amide bonds. The SMILES string of the molecule is C[Si](C)(C)CC(CN)Cc1ccccc1Br. The highest BCUT2D eigenvalue weighted by Crippen LogP contribution is 2.24. The first-order valence-electron chi connectivity index (χ1n) is 5.86. The molecule has 0 aliphatic rings. The molecule has 16 heavy (non-hydrogen) atoms. The molecule has 0 aliphatic carbocycles. The predicted octanol–water partition coefficient (Wildman–Crippen LogP) is 3.90. The Labute approximate surface area is 109 Å². The number of hydrogen-bond acceptors (Lipinski definition) is 1. The Morgan fingerprint density at radius 3 is 2.38 bits per heavy atom. The van der Waals surface area contributed by atoms with Crippen LogP contribution in [-0.2, 0) is 6.42 Å². The van der Waals surface area contributed by atoms with Crippen LogP contribution in [-0.4, -0.2) is 14.6 Å². The Morgan fingerprint density at radius 1 is 1.25 bits per heavy atom. The van der Waals surface area contributed by atoms with Gasteiger partial charge in [-0.15, -0.1) is 0 Å². The van der Waals surface area contributed by atoms with Crippen LogP contribution in [0.5, 0.6) is 0 Å². The lowest BCUT2D eigenvalue weighted by atomic mass is 10.0. The van der Waals surface area contributed by atoms with Gasteiger partial charge in [0.1, 0.15) is 0 Å². The van der Waals surface area contributed by atoms with E-state index in [1.807, 2.05) is 0 Å². The smallest absolute Gasteiger partial charge is 0.0446 e. The van der Waals surface area contributed by atoms with E-state index in [-0.39, 0.29) is 0 Å². The van der Waals surface area contributed by atoms with Gasteiger partial charge in [-0.3, -0.25) is 0 Å². The van der Waals surface area contributed by atoms with Gasteiger partial charge in [0, 0.05) is 12.5 Å². The van der Waals surface area contributed by atoms with Crippen molar-refractivity contribution in [2.24, 2.45) is 11.7 Å². The molecule has 90 valence electrons. The van der Waals surface area contributed by atoms with Crippen molar-refractivity contribution in [1.29, 1.82) is 0 Å². The van der Waals surface area contributed by atoms with Crippen LogP contribution in [0.3, 0.4) is 0 Å². The Morgan fingerprint density at radius 2 is 1.88 bits per heavy atom. The molecule has 0 saturated carbocycles. The van der Waals surface area contributed by atoms with Gasteiger partial charge in [0.15, 0.2) is 0 Å². The summed E-state index contributed by atoms with van der Waals surface area (Å²) in [5, 5.41) is 0. The second kappa shape index (κ2) is 5.99. The van der Waals surface area contributed by atoms with Gasteiger partial charge in [-0.05, 0) is 30.5 Å². The van der Waals surface area contributed by atoms with E-state index in [0.29, 0.717) is 5.92 Å². The molecule has 1 atom stereocenters. The summed E-state index contributed by atoms with van der Waals surface area (Å²) in [6, 6.07) is 9.77. The molecule has 1 aromatic rings. The molecule has 1 unspecified atom stereocenters. The topological polar surface area (TPSA) is 26.0 Å². The van der Waals surface area contributed by atoms with Crippen molar-refractivity contribution in [3.05, 3.63) is 34.3 Å². The average molecular weight is 300 g/mol. The fourth-order valence-corrected chi connectivity index (χ4v) is 4.57. The van der Waals surface area contributed by atoms with Crippen LogP contribution in [0.15, 0.2) is 28.7 Å². The van der Waals surface area contributed by atoms with E-state index in [0.717, 1.165) is 13.0 Å². The number of benzene rings is 1. The van der Waals surface area contributed by atoms with Crippen molar-refractivity contribution >= 4 is 24.0 Å².